The van der Waals surface area contributed by atoms with E-state index in [0.717, 1.165) is 6.07 Å². The molecule has 0 radical (unpaired) electrons. The predicted molar refractivity (Wildman–Crippen MR) is 67.3 cm³/mol. The minimum atomic E-state index is -2.38. The van der Waals surface area contributed by atoms with Gasteiger partial charge in [0.15, 0.2) is 5.69 Å². The number of hydrogen-bond acceptors (Lipinski definition) is 4. The number of rotatable bonds is 2. The molecule has 0 saturated carbocycles. The maximum atomic E-state index is 13.4. The van der Waals surface area contributed by atoms with Crippen LogP contribution < -0.4 is 9.84 Å². The molecule has 122 valence electrons. The summed E-state index contributed by atoms with van der Waals surface area (Å²) in [6.45, 7) is 1.27. The highest BCUT2D eigenvalue weighted by Crippen LogP contribution is 2.30. The number of aryl methyl sites for hydroxylation is 1. The highest BCUT2D eigenvalue weighted by Gasteiger charge is 2.29. The molecule has 0 bridgehead atoms. The van der Waals surface area contributed by atoms with Crippen LogP contribution in [0.5, 0.6) is 11.5 Å². The molecule has 1 heterocycles. The SMILES string of the molecule is Cc1cc([O-])c(Br)nc1C(=O)Oc1c(F)c(F)c(F)c(F)c1F. The highest BCUT2D eigenvalue weighted by atomic mass is 79.9. The van der Waals surface area contributed by atoms with Crippen molar-refractivity contribution in [2.24, 2.45) is 0 Å². The van der Waals surface area contributed by atoms with Gasteiger partial charge < -0.3 is 9.84 Å². The first-order chi connectivity index (χ1) is 10.6. The topological polar surface area (TPSA) is 62.2 Å². The Morgan fingerprint density at radius 3 is 2.09 bits per heavy atom. The number of carbonyl (C=O) groups is 1. The summed E-state index contributed by atoms with van der Waals surface area (Å²) in [6.07, 6.45) is 0. The van der Waals surface area contributed by atoms with E-state index in [1.165, 1.54) is 6.92 Å². The van der Waals surface area contributed by atoms with Crippen molar-refractivity contribution in [2.45, 2.75) is 6.92 Å². The Morgan fingerprint density at radius 1 is 1.09 bits per heavy atom. The second-order valence-electron chi connectivity index (χ2n) is 4.23. The van der Waals surface area contributed by atoms with Crippen LogP contribution in [-0.2, 0) is 0 Å². The first-order valence-electron chi connectivity index (χ1n) is 5.72. The van der Waals surface area contributed by atoms with Gasteiger partial charge in [-0.1, -0.05) is 11.8 Å². The monoisotopic (exact) mass is 396 g/mol. The van der Waals surface area contributed by atoms with Gasteiger partial charge in [-0.25, -0.2) is 22.9 Å². The molecule has 23 heavy (non-hydrogen) atoms. The van der Waals surface area contributed by atoms with Crippen molar-refractivity contribution in [3.8, 4) is 11.5 Å². The Hall–Kier alpha value is -2.23. The molecule has 0 unspecified atom stereocenters. The van der Waals surface area contributed by atoms with Crippen LogP contribution in [0.1, 0.15) is 16.1 Å². The van der Waals surface area contributed by atoms with E-state index in [1.54, 1.807) is 0 Å². The molecule has 2 aromatic rings. The van der Waals surface area contributed by atoms with Crippen molar-refractivity contribution in [1.29, 1.82) is 0 Å². The van der Waals surface area contributed by atoms with Gasteiger partial charge in [-0.15, -0.1) is 0 Å². The molecule has 4 nitrogen and oxygen atoms in total. The lowest BCUT2D eigenvalue weighted by atomic mass is 10.2. The largest absolute Gasteiger partial charge is 0.871 e. The van der Waals surface area contributed by atoms with E-state index in [-0.39, 0.29) is 10.2 Å². The summed E-state index contributed by atoms with van der Waals surface area (Å²) in [5.74, 6) is -15.3. The van der Waals surface area contributed by atoms with Crippen molar-refractivity contribution in [3.05, 3.63) is 51.0 Å². The van der Waals surface area contributed by atoms with Gasteiger partial charge in [-0.05, 0) is 28.4 Å². The van der Waals surface area contributed by atoms with Crippen LogP contribution >= 0.6 is 15.9 Å². The second kappa shape index (κ2) is 6.11. The van der Waals surface area contributed by atoms with Crippen molar-refractivity contribution in [3.63, 3.8) is 0 Å². The summed E-state index contributed by atoms with van der Waals surface area (Å²) in [5.41, 5.74) is -0.535. The van der Waals surface area contributed by atoms with Crippen LogP contribution in [0.4, 0.5) is 22.0 Å². The smallest absolute Gasteiger partial charge is 0.362 e. The molecule has 0 atom stereocenters. The van der Waals surface area contributed by atoms with Crippen molar-refractivity contribution < 1.29 is 36.6 Å². The minimum Gasteiger partial charge on any atom is -0.871 e. The zero-order chi connectivity index (χ0) is 17.5. The van der Waals surface area contributed by atoms with Crippen molar-refractivity contribution in [1.82, 2.24) is 4.98 Å². The maximum Gasteiger partial charge on any atom is 0.362 e. The van der Waals surface area contributed by atoms with Gasteiger partial charge in [-0.3, -0.25) is 0 Å². The quantitative estimate of drug-likeness (QED) is 0.195. The number of aromatic nitrogens is 1. The molecule has 0 aliphatic heterocycles. The van der Waals surface area contributed by atoms with E-state index < -0.39 is 52.2 Å². The van der Waals surface area contributed by atoms with E-state index in [0.29, 0.717) is 0 Å². The third-order valence-corrected chi connectivity index (χ3v) is 3.26. The Bertz CT molecular complexity index is 799. The Balaban J connectivity index is 2.48. The van der Waals surface area contributed by atoms with Gasteiger partial charge in [0.1, 0.15) is 0 Å². The number of carbonyl (C=O) groups excluding carboxylic acids is 1. The van der Waals surface area contributed by atoms with Gasteiger partial charge >= 0.3 is 5.97 Å². The number of nitrogens with zero attached hydrogens (tertiary/aromatic N) is 1. The lowest BCUT2D eigenvalue weighted by molar-refractivity contribution is -0.270. The van der Waals surface area contributed by atoms with Gasteiger partial charge in [0.2, 0.25) is 34.8 Å². The zero-order valence-electron chi connectivity index (χ0n) is 11.0. The summed E-state index contributed by atoms with van der Waals surface area (Å²) < 4.78 is 69.8. The zero-order valence-corrected chi connectivity index (χ0v) is 12.6. The number of pyridine rings is 1. The van der Waals surface area contributed by atoms with E-state index in [1.807, 2.05) is 0 Å². The second-order valence-corrected chi connectivity index (χ2v) is 4.98. The van der Waals surface area contributed by atoms with Crippen LogP contribution in [0.25, 0.3) is 0 Å². The predicted octanol–water partition coefficient (Wildman–Crippen LogP) is 3.14. The maximum absolute atomic E-state index is 13.4. The van der Waals surface area contributed by atoms with Crippen molar-refractivity contribution >= 4 is 21.9 Å². The van der Waals surface area contributed by atoms with Crippen molar-refractivity contribution in [2.75, 3.05) is 0 Å². The lowest BCUT2D eigenvalue weighted by Gasteiger charge is -2.13. The van der Waals surface area contributed by atoms with Crippen LogP contribution in [0.15, 0.2) is 10.7 Å². The first kappa shape index (κ1) is 17.1. The highest BCUT2D eigenvalue weighted by molar-refractivity contribution is 9.10. The summed E-state index contributed by atoms with van der Waals surface area (Å²) in [4.78, 5) is 15.3. The molecular weight excluding hydrogens is 393 g/mol. The summed E-state index contributed by atoms with van der Waals surface area (Å²) in [7, 11) is 0. The number of halogens is 6. The average molecular weight is 397 g/mol. The number of benzene rings is 1. The Kier molecular flexibility index (Phi) is 4.55. The number of hydrogen-bond donors (Lipinski definition) is 0. The van der Waals surface area contributed by atoms with E-state index in [4.69, 9.17) is 0 Å². The summed E-state index contributed by atoms with van der Waals surface area (Å²) in [5, 5.41) is 11.3. The average Bonchev–Trinajstić information content (AvgIpc) is 2.51. The third kappa shape index (κ3) is 2.98. The summed E-state index contributed by atoms with van der Waals surface area (Å²) in [6, 6.07) is 0.978. The molecule has 2 rings (SSSR count). The van der Waals surface area contributed by atoms with E-state index in [9.17, 15) is 31.9 Å². The Labute approximate surface area is 133 Å². The Morgan fingerprint density at radius 2 is 1.57 bits per heavy atom. The van der Waals surface area contributed by atoms with E-state index in [2.05, 4.69) is 25.7 Å². The molecule has 1 aromatic carbocycles. The van der Waals surface area contributed by atoms with Gasteiger partial charge in [0.05, 0.1) is 4.60 Å². The first-order valence-corrected chi connectivity index (χ1v) is 6.52. The fourth-order valence-electron chi connectivity index (χ4n) is 1.59. The molecule has 10 heteroatoms. The lowest BCUT2D eigenvalue weighted by Crippen LogP contribution is -2.16. The number of esters is 1. The van der Waals surface area contributed by atoms with Crippen LogP contribution in [0.2, 0.25) is 0 Å². The molecule has 0 fully saturated rings. The molecule has 0 amide bonds. The molecule has 0 spiro atoms. The number of ether oxygens (including phenoxy) is 1. The molecule has 1 aromatic heterocycles. The van der Waals surface area contributed by atoms with Gasteiger partial charge in [-0.2, -0.15) is 8.78 Å². The standard InChI is InChI=1S/C13H5BrF5NO3/c1-3-2-4(21)12(14)20-10(3)13(22)23-11-8(18)6(16)5(15)7(17)9(11)19/h2,21H,1H3/p-1. The minimum absolute atomic E-state index is 0.00734. The normalized spacial score (nSPS) is 10.7. The van der Waals surface area contributed by atoms with Gasteiger partial charge in [0.25, 0.3) is 0 Å². The summed E-state index contributed by atoms with van der Waals surface area (Å²) >= 11 is 2.75. The third-order valence-electron chi connectivity index (χ3n) is 2.69. The molecule has 0 N–H and O–H groups in total. The molecule has 0 saturated heterocycles. The van der Waals surface area contributed by atoms with E-state index >= 15 is 0 Å². The van der Waals surface area contributed by atoms with Gasteiger partial charge in [0, 0.05) is 0 Å². The van der Waals surface area contributed by atoms with Crippen LogP contribution in [0, 0.1) is 36.0 Å². The molecule has 0 aliphatic rings. The molecule has 0 aliphatic carbocycles. The van der Waals surface area contributed by atoms with Crippen LogP contribution in [-0.4, -0.2) is 11.0 Å². The molecular formula is C13H4BrF5NO3-. The fourth-order valence-corrected chi connectivity index (χ4v) is 1.88. The van der Waals surface area contributed by atoms with Crippen LogP contribution in [0.3, 0.4) is 0 Å². The fraction of sp³-hybridized carbons (Fsp3) is 0.0769.